The molecule has 0 atom stereocenters. The number of rotatable bonds is 0. The maximum absolute atomic E-state index is 5.71. The van der Waals surface area contributed by atoms with Gasteiger partial charge in [-0.2, -0.15) is 0 Å². The Kier molecular flexibility index (Phi) is 3.11. The van der Waals surface area contributed by atoms with Gasteiger partial charge in [0, 0.05) is 22.7 Å². The molecule has 0 aliphatic heterocycles. The normalized spacial score (nSPS) is 9.42. The molecule has 3 heteroatoms. The molecule has 0 aliphatic carbocycles. The van der Waals surface area contributed by atoms with Crippen LogP contribution in [-0.4, -0.2) is 22.3 Å². The summed E-state index contributed by atoms with van der Waals surface area (Å²) in [5, 5.41) is 1.67. The van der Waals surface area contributed by atoms with Gasteiger partial charge in [0.1, 0.15) is 5.15 Å². The molecule has 0 saturated carbocycles. The van der Waals surface area contributed by atoms with Crippen molar-refractivity contribution in [1.82, 2.24) is 4.98 Å². The highest BCUT2D eigenvalue weighted by Crippen LogP contribution is 2.13. The van der Waals surface area contributed by atoms with Crippen molar-refractivity contribution in [2.45, 2.75) is 0 Å². The van der Waals surface area contributed by atoms with Gasteiger partial charge < -0.3 is 0 Å². The first-order valence-corrected chi connectivity index (χ1v) is 3.75. The van der Waals surface area contributed by atoms with E-state index in [-0.39, 0.29) is 17.4 Å². The lowest BCUT2D eigenvalue weighted by Gasteiger charge is -1.94. The van der Waals surface area contributed by atoms with Crippen LogP contribution in [0.25, 0.3) is 10.9 Å². The van der Waals surface area contributed by atoms with Crippen LogP contribution >= 0.6 is 11.6 Å². The lowest BCUT2D eigenvalue weighted by molar-refractivity contribution is 1.41. The van der Waals surface area contributed by atoms with Crippen LogP contribution in [0.1, 0.15) is 0 Å². The number of hydrogen-bond donors (Lipinski definition) is 0. The highest BCUT2D eigenvalue weighted by molar-refractivity contribution is 6.29. The number of para-hydroxylation sites is 1. The van der Waals surface area contributed by atoms with Crippen LogP contribution in [0.2, 0.25) is 5.15 Å². The Labute approximate surface area is 86.5 Å². The van der Waals surface area contributed by atoms with Crippen LogP contribution < -0.4 is 0 Å². The molecule has 2 aromatic rings. The van der Waals surface area contributed by atoms with Crippen molar-refractivity contribution in [3.63, 3.8) is 0 Å². The topological polar surface area (TPSA) is 12.9 Å². The Balaban J connectivity index is 0.000000720. The summed E-state index contributed by atoms with van der Waals surface area (Å²) < 4.78 is 0. The van der Waals surface area contributed by atoms with E-state index in [0.29, 0.717) is 5.15 Å². The van der Waals surface area contributed by atoms with Gasteiger partial charge in [-0.15, -0.1) is 0 Å². The highest BCUT2D eigenvalue weighted by Gasteiger charge is 1.92. The van der Waals surface area contributed by atoms with E-state index in [2.05, 4.69) is 4.98 Å². The lowest BCUT2D eigenvalue weighted by Crippen LogP contribution is -1.76. The SMILES string of the molecule is Clc1ccc2ccccc2n1.[Al]. The minimum absolute atomic E-state index is 0. The second kappa shape index (κ2) is 3.91. The molecule has 0 amide bonds. The van der Waals surface area contributed by atoms with Crippen molar-refractivity contribution < 1.29 is 0 Å². The molecule has 57 valence electrons. The first-order chi connectivity index (χ1) is 5.36. The molecular formula is C9H6AlClN. The summed E-state index contributed by atoms with van der Waals surface area (Å²) in [4.78, 5) is 4.14. The quantitative estimate of drug-likeness (QED) is 0.460. The fourth-order valence-electron chi connectivity index (χ4n) is 1.04. The molecule has 1 heterocycles. The molecule has 3 radical (unpaired) electrons. The first-order valence-electron chi connectivity index (χ1n) is 3.37. The molecule has 0 unspecified atom stereocenters. The molecule has 1 nitrogen and oxygen atoms in total. The Hall–Kier alpha value is -0.548. The van der Waals surface area contributed by atoms with Crippen molar-refractivity contribution in [2.24, 2.45) is 0 Å². The maximum atomic E-state index is 5.71. The molecule has 0 fully saturated rings. The Morgan fingerprint density at radius 3 is 2.58 bits per heavy atom. The minimum atomic E-state index is 0. The average molecular weight is 191 g/mol. The molecule has 0 aliphatic rings. The summed E-state index contributed by atoms with van der Waals surface area (Å²) in [6.07, 6.45) is 0. The fourth-order valence-corrected chi connectivity index (χ4v) is 1.20. The van der Waals surface area contributed by atoms with E-state index < -0.39 is 0 Å². The van der Waals surface area contributed by atoms with Gasteiger partial charge in [-0.25, -0.2) is 4.98 Å². The molecule has 0 N–H and O–H groups in total. The maximum Gasteiger partial charge on any atom is 0.129 e. The minimum Gasteiger partial charge on any atom is -0.236 e. The van der Waals surface area contributed by atoms with Gasteiger partial charge in [0.15, 0.2) is 0 Å². The second-order valence-electron chi connectivity index (χ2n) is 2.33. The standard InChI is InChI=1S/C9H6ClN.Al/c10-9-6-5-7-3-1-2-4-8(7)11-9;/h1-6H;. The number of aromatic nitrogens is 1. The van der Waals surface area contributed by atoms with E-state index in [1.807, 2.05) is 30.3 Å². The predicted molar refractivity (Wildman–Crippen MR) is 52.5 cm³/mol. The molecule has 12 heavy (non-hydrogen) atoms. The number of fused-ring (bicyclic) bond motifs is 1. The van der Waals surface area contributed by atoms with Gasteiger partial charge in [-0.3, -0.25) is 0 Å². The van der Waals surface area contributed by atoms with Gasteiger partial charge in [-0.05, 0) is 18.2 Å². The summed E-state index contributed by atoms with van der Waals surface area (Å²) in [7, 11) is 0. The van der Waals surface area contributed by atoms with Crippen molar-refractivity contribution in [1.29, 1.82) is 0 Å². The van der Waals surface area contributed by atoms with Crippen molar-refractivity contribution in [2.75, 3.05) is 0 Å². The Morgan fingerprint density at radius 2 is 1.75 bits per heavy atom. The third-order valence-electron chi connectivity index (χ3n) is 1.56. The highest BCUT2D eigenvalue weighted by atomic mass is 35.5. The number of hydrogen-bond acceptors (Lipinski definition) is 1. The van der Waals surface area contributed by atoms with Crippen LogP contribution in [-0.2, 0) is 0 Å². The molecule has 0 saturated heterocycles. The van der Waals surface area contributed by atoms with Crippen molar-refractivity contribution in [3.05, 3.63) is 41.6 Å². The zero-order chi connectivity index (χ0) is 7.68. The summed E-state index contributed by atoms with van der Waals surface area (Å²) in [6, 6.07) is 11.7. The molecule has 0 spiro atoms. The van der Waals surface area contributed by atoms with Crippen molar-refractivity contribution >= 4 is 39.9 Å². The van der Waals surface area contributed by atoms with E-state index in [9.17, 15) is 0 Å². The molecule has 0 bridgehead atoms. The molecular weight excluding hydrogens is 185 g/mol. The van der Waals surface area contributed by atoms with Gasteiger partial charge in [0.25, 0.3) is 0 Å². The number of nitrogens with zero attached hydrogens (tertiary/aromatic N) is 1. The Morgan fingerprint density at radius 1 is 1.00 bits per heavy atom. The molecule has 1 aromatic carbocycles. The number of halogens is 1. The zero-order valence-electron chi connectivity index (χ0n) is 6.37. The summed E-state index contributed by atoms with van der Waals surface area (Å²) in [5.74, 6) is 0. The molecule has 1 aromatic heterocycles. The van der Waals surface area contributed by atoms with E-state index >= 15 is 0 Å². The van der Waals surface area contributed by atoms with Crippen LogP contribution in [0.3, 0.4) is 0 Å². The summed E-state index contributed by atoms with van der Waals surface area (Å²) >= 11 is 5.71. The van der Waals surface area contributed by atoms with Gasteiger partial charge in [0.2, 0.25) is 0 Å². The van der Waals surface area contributed by atoms with Crippen LogP contribution in [0.15, 0.2) is 36.4 Å². The molecule has 2 rings (SSSR count). The summed E-state index contributed by atoms with van der Waals surface area (Å²) in [5.41, 5.74) is 0.944. The second-order valence-corrected chi connectivity index (χ2v) is 2.71. The predicted octanol–water partition coefficient (Wildman–Crippen LogP) is 2.51. The monoisotopic (exact) mass is 190 g/mol. The first kappa shape index (κ1) is 9.54. The van der Waals surface area contributed by atoms with Gasteiger partial charge in [0.05, 0.1) is 5.52 Å². The van der Waals surface area contributed by atoms with E-state index in [0.717, 1.165) is 10.9 Å². The largest absolute Gasteiger partial charge is 0.236 e. The lowest BCUT2D eigenvalue weighted by atomic mass is 10.2. The smallest absolute Gasteiger partial charge is 0.129 e. The van der Waals surface area contributed by atoms with Crippen molar-refractivity contribution in [3.8, 4) is 0 Å². The average Bonchev–Trinajstić information content (AvgIpc) is 2.04. The Bertz CT molecular complexity index is 389. The fraction of sp³-hybridized carbons (Fsp3) is 0. The van der Waals surface area contributed by atoms with E-state index in [4.69, 9.17) is 11.6 Å². The van der Waals surface area contributed by atoms with E-state index in [1.54, 1.807) is 6.07 Å². The summed E-state index contributed by atoms with van der Waals surface area (Å²) in [6.45, 7) is 0. The zero-order valence-corrected chi connectivity index (χ0v) is 8.28. The van der Waals surface area contributed by atoms with Crippen LogP contribution in [0, 0.1) is 0 Å². The van der Waals surface area contributed by atoms with Crippen LogP contribution in [0.4, 0.5) is 0 Å². The van der Waals surface area contributed by atoms with Crippen LogP contribution in [0.5, 0.6) is 0 Å². The van der Waals surface area contributed by atoms with Gasteiger partial charge in [-0.1, -0.05) is 29.8 Å². The third kappa shape index (κ3) is 1.78. The van der Waals surface area contributed by atoms with E-state index in [1.165, 1.54) is 0 Å². The number of pyridine rings is 1. The third-order valence-corrected chi connectivity index (χ3v) is 1.77. The number of benzene rings is 1. The van der Waals surface area contributed by atoms with Gasteiger partial charge >= 0.3 is 0 Å².